The van der Waals surface area contributed by atoms with Crippen molar-refractivity contribution in [1.82, 2.24) is 10.2 Å². The maximum atomic E-state index is 13.7. The van der Waals surface area contributed by atoms with Crippen molar-refractivity contribution in [3.63, 3.8) is 0 Å². The van der Waals surface area contributed by atoms with Crippen LogP contribution in [0, 0.1) is 5.82 Å². The van der Waals surface area contributed by atoms with Gasteiger partial charge in [-0.25, -0.2) is 4.39 Å². The molecule has 1 heterocycles. The van der Waals surface area contributed by atoms with Crippen LogP contribution in [0.4, 0.5) is 10.1 Å². The van der Waals surface area contributed by atoms with Crippen molar-refractivity contribution in [3.8, 4) is 0 Å². The Morgan fingerprint density at radius 2 is 1.81 bits per heavy atom. The van der Waals surface area contributed by atoms with E-state index in [-0.39, 0.29) is 24.2 Å². The van der Waals surface area contributed by atoms with Gasteiger partial charge in [0.1, 0.15) is 5.82 Å². The lowest BCUT2D eigenvalue weighted by Crippen LogP contribution is -2.45. The van der Waals surface area contributed by atoms with Crippen molar-refractivity contribution >= 4 is 17.6 Å². The number of anilines is 1. The van der Waals surface area contributed by atoms with Crippen LogP contribution in [0.5, 0.6) is 0 Å². The van der Waals surface area contributed by atoms with Crippen molar-refractivity contribution in [2.75, 3.05) is 38.2 Å². The maximum absolute atomic E-state index is 13.7. The minimum absolute atomic E-state index is 0.153. The SMILES string of the molecule is CCOC(=O)CN(C)C1CCN(c2ccc(C(=O)NCc3ccccc3F)cc2)CC1. The molecule has 0 bridgehead atoms. The highest BCUT2D eigenvalue weighted by molar-refractivity contribution is 5.94. The van der Waals surface area contributed by atoms with E-state index in [4.69, 9.17) is 4.74 Å². The first-order valence-electron chi connectivity index (χ1n) is 10.7. The fraction of sp³-hybridized carbons (Fsp3) is 0.417. The number of hydrogen-bond donors (Lipinski definition) is 1. The average Bonchev–Trinajstić information content (AvgIpc) is 2.78. The smallest absolute Gasteiger partial charge is 0.320 e. The third-order valence-electron chi connectivity index (χ3n) is 5.66. The third kappa shape index (κ3) is 6.28. The topological polar surface area (TPSA) is 61.9 Å². The van der Waals surface area contributed by atoms with Crippen LogP contribution in [-0.2, 0) is 16.1 Å². The molecular formula is C24H30FN3O3. The zero-order chi connectivity index (χ0) is 22.2. The van der Waals surface area contributed by atoms with E-state index < -0.39 is 0 Å². The number of nitrogens with zero attached hydrogens (tertiary/aromatic N) is 2. The van der Waals surface area contributed by atoms with Crippen LogP contribution in [0.3, 0.4) is 0 Å². The lowest BCUT2D eigenvalue weighted by molar-refractivity contribution is -0.144. The van der Waals surface area contributed by atoms with Gasteiger partial charge in [0.15, 0.2) is 0 Å². The number of hydrogen-bond acceptors (Lipinski definition) is 5. The molecule has 1 N–H and O–H groups in total. The van der Waals surface area contributed by atoms with Crippen LogP contribution in [0.25, 0.3) is 0 Å². The van der Waals surface area contributed by atoms with Gasteiger partial charge in [0.2, 0.25) is 0 Å². The Bertz CT molecular complexity index is 880. The molecule has 0 radical (unpaired) electrons. The molecule has 31 heavy (non-hydrogen) atoms. The number of rotatable bonds is 8. The highest BCUT2D eigenvalue weighted by Gasteiger charge is 2.24. The number of benzene rings is 2. The molecule has 0 aliphatic carbocycles. The van der Waals surface area contributed by atoms with Crippen LogP contribution in [0.15, 0.2) is 48.5 Å². The molecule has 1 amide bonds. The van der Waals surface area contributed by atoms with Gasteiger partial charge >= 0.3 is 5.97 Å². The van der Waals surface area contributed by atoms with Crippen molar-refractivity contribution in [2.45, 2.75) is 32.4 Å². The van der Waals surface area contributed by atoms with Crippen LogP contribution in [0.2, 0.25) is 0 Å². The van der Waals surface area contributed by atoms with Crippen molar-refractivity contribution in [3.05, 3.63) is 65.5 Å². The van der Waals surface area contributed by atoms with Gasteiger partial charge in [0.25, 0.3) is 5.91 Å². The third-order valence-corrected chi connectivity index (χ3v) is 5.66. The summed E-state index contributed by atoms with van der Waals surface area (Å²) in [6, 6.07) is 14.2. The number of halogens is 1. The molecule has 6 nitrogen and oxygen atoms in total. The van der Waals surface area contributed by atoms with E-state index in [1.165, 1.54) is 6.07 Å². The monoisotopic (exact) mass is 427 g/mol. The Morgan fingerprint density at radius 1 is 1.13 bits per heavy atom. The van der Waals surface area contributed by atoms with Gasteiger partial charge in [-0.1, -0.05) is 18.2 Å². The number of likely N-dealkylation sites (N-methyl/N-ethyl adjacent to an activating group) is 1. The molecule has 3 rings (SSSR count). The predicted octanol–water partition coefficient (Wildman–Crippen LogP) is 3.22. The van der Waals surface area contributed by atoms with E-state index in [2.05, 4.69) is 15.1 Å². The van der Waals surface area contributed by atoms with Crippen molar-refractivity contribution in [2.24, 2.45) is 0 Å². The Kier molecular flexibility index (Phi) is 8.00. The minimum atomic E-state index is -0.325. The van der Waals surface area contributed by atoms with E-state index >= 15 is 0 Å². The molecule has 1 fully saturated rings. The summed E-state index contributed by atoms with van der Waals surface area (Å²) >= 11 is 0. The fourth-order valence-corrected chi connectivity index (χ4v) is 3.85. The molecular weight excluding hydrogens is 397 g/mol. The van der Waals surface area contributed by atoms with Gasteiger partial charge in [-0.15, -0.1) is 0 Å². The Morgan fingerprint density at radius 3 is 2.45 bits per heavy atom. The first-order chi connectivity index (χ1) is 15.0. The summed E-state index contributed by atoms with van der Waals surface area (Å²) in [5.41, 5.74) is 2.07. The first kappa shape index (κ1) is 22.7. The molecule has 0 unspecified atom stereocenters. The van der Waals surface area contributed by atoms with E-state index in [1.54, 1.807) is 30.3 Å². The van der Waals surface area contributed by atoms with Crippen molar-refractivity contribution in [1.29, 1.82) is 0 Å². The second-order valence-electron chi connectivity index (χ2n) is 7.76. The lowest BCUT2D eigenvalue weighted by atomic mass is 10.0. The summed E-state index contributed by atoms with van der Waals surface area (Å²) in [5, 5.41) is 2.76. The zero-order valence-corrected chi connectivity index (χ0v) is 18.1. The normalized spacial score (nSPS) is 14.5. The predicted molar refractivity (Wildman–Crippen MR) is 119 cm³/mol. The zero-order valence-electron chi connectivity index (χ0n) is 18.1. The number of carbonyl (C=O) groups is 2. The maximum Gasteiger partial charge on any atom is 0.320 e. The highest BCUT2D eigenvalue weighted by Crippen LogP contribution is 2.22. The van der Waals surface area contributed by atoms with Gasteiger partial charge in [-0.2, -0.15) is 0 Å². The molecule has 7 heteroatoms. The quantitative estimate of drug-likeness (QED) is 0.656. The summed E-state index contributed by atoms with van der Waals surface area (Å²) in [6.45, 7) is 4.46. The molecule has 1 aliphatic heterocycles. The largest absolute Gasteiger partial charge is 0.465 e. The molecule has 1 aliphatic rings. The second kappa shape index (κ2) is 10.9. The van der Waals surface area contributed by atoms with Gasteiger partial charge in [0.05, 0.1) is 13.2 Å². The summed E-state index contributed by atoms with van der Waals surface area (Å²) in [6.07, 6.45) is 1.92. The lowest BCUT2D eigenvalue weighted by Gasteiger charge is -2.37. The molecule has 166 valence electrons. The van der Waals surface area contributed by atoms with E-state index in [0.717, 1.165) is 31.6 Å². The van der Waals surface area contributed by atoms with Gasteiger partial charge in [0, 0.05) is 42.5 Å². The first-order valence-corrected chi connectivity index (χ1v) is 10.7. The number of nitrogens with one attached hydrogen (secondary N) is 1. The molecule has 1 saturated heterocycles. The van der Waals surface area contributed by atoms with E-state index in [0.29, 0.717) is 30.3 Å². The Hall–Kier alpha value is -2.93. The van der Waals surface area contributed by atoms with Crippen LogP contribution < -0.4 is 10.2 Å². The van der Waals surface area contributed by atoms with E-state index in [9.17, 15) is 14.0 Å². The molecule has 0 aromatic heterocycles. The summed E-state index contributed by atoms with van der Waals surface area (Å²) in [4.78, 5) is 28.4. The van der Waals surface area contributed by atoms with Gasteiger partial charge in [-0.05, 0) is 57.1 Å². The van der Waals surface area contributed by atoms with Crippen LogP contribution in [-0.4, -0.2) is 56.1 Å². The number of piperidine rings is 1. The minimum Gasteiger partial charge on any atom is -0.465 e. The summed E-state index contributed by atoms with van der Waals surface area (Å²) < 4.78 is 18.7. The Labute approximate surface area is 183 Å². The second-order valence-corrected chi connectivity index (χ2v) is 7.76. The molecule has 2 aromatic carbocycles. The summed E-state index contributed by atoms with van der Waals surface area (Å²) in [5.74, 6) is -0.736. The Balaban J connectivity index is 1.48. The fourth-order valence-electron chi connectivity index (χ4n) is 3.85. The highest BCUT2D eigenvalue weighted by atomic mass is 19.1. The number of ether oxygens (including phenoxy) is 1. The van der Waals surface area contributed by atoms with Gasteiger partial charge in [-0.3, -0.25) is 14.5 Å². The van der Waals surface area contributed by atoms with Crippen LogP contribution in [0.1, 0.15) is 35.7 Å². The molecule has 0 atom stereocenters. The van der Waals surface area contributed by atoms with E-state index in [1.807, 2.05) is 26.1 Å². The molecule has 0 spiro atoms. The number of amides is 1. The summed E-state index contributed by atoms with van der Waals surface area (Å²) in [7, 11) is 1.96. The molecule has 0 saturated carbocycles. The van der Waals surface area contributed by atoms with Gasteiger partial charge < -0.3 is 15.0 Å². The number of carbonyl (C=O) groups excluding carboxylic acids is 2. The number of esters is 1. The van der Waals surface area contributed by atoms with Crippen LogP contribution >= 0.6 is 0 Å². The average molecular weight is 428 g/mol. The molecule has 2 aromatic rings. The standard InChI is InChI=1S/C24H30FN3O3/c1-3-31-23(29)17-27(2)20-12-14-28(15-13-20)21-10-8-18(9-11-21)24(30)26-16-19-6-4-5-7-22(19)25/h4-11,20H,3,12-17H2,1-2H3,(H,26,30). The van der Waals surface area contributed by atoms with Crippen molar-refractivity contribution < 1.29 is 18.7 Å².